The van der Waals surface area contributed by atoms with Crippen molar-refractivity contribution in [2.75, 3.05) is 0 Å². The van der Waals surface area contributed by atoms with Crippen molar-refractivity contribution >= 4 is 11.6 Å². The number of nitrogens with one attached hydrogen (secondary N) is 1. The molecule has 3 nitrogen and oxygen atoms in total. The number of rotatable bonds is 6. The third-order valence-electron chi connectivity index (χ3n) is 3.70. The van der Waals surface area contributed by atoms with Crippen molar-refractivity contribution in [2.45, 2.75) is 19.7 Å². The number of furan rings is 1. The third kappa shape index (κ3) is 3.82. The Morgan fingerprint density at radius 2 is 1.61 bits per heavy atom. The first-order valence-electron chi connectivity index (χ1n) is 7.50. The van der Waals surface area contributed by atoms with Gasteiger partial charge in [0.25, 0.3) is 0 Å². The van der Waals surface area contributed by atoms with Gasteiger partial charge in [-0.1, -0.05) is 48.0 Å². The minimum absolute atomic E-state index is 0.0509. The summed E-state index contributed by atoms with van der Waals surface area (Å²) in [4.78, 5) is 0. The molecule has 0 spiro atoms. The first-order chi connectivity index (χ1) is 11.3. The maximum absolute atomic E-state index is 9.33. The van der Waals surface area contributed by atoms with Crippen LogP contribution >= 0.6 is 11.6 Å². The minimum atomic E-state index is 0.0509. The highest BCUT2D eigenvalue weighted by molar-refractivity contribution is 6.33. The van der Waals surface area contributed by atoms with Crippen molar-refractivity contribution in [3.8, 4) is 11.3 Å². The van der Waals surface area contributed by atoms with Crippen LogP contribution in [0.4, 0.5) is 0 Å². The van der Waals surface area contributed by atoms with Crippen LogP contribution in [0.5, 0.6) is 0 Å². The van der Waals surface area contributed by atoms with Gasteiger partial charge in [0.2, 0.25) is 0 Å². The highest BCUT2D eigenvalue weighted by atomic mass is 35.5. The second-order valence-electron chi connectivity index (χ2n) is 5.28. The molecule has 0 bridgehead atoms. The van der Waals surface area contributed by atoms with Gasteiger partial charge in [-0.05, 0) is 35.4 Å². The smallest absolute Gasteiger partial charge is 0.135 e. The SMILES string of the molecule is OCc1ccccc1CNCc1ccc(-c2ccccc2Cl)o1. The lowest BCUT2D eigenvalue weighted by Crippen LogP contribution is -2.13. The molecule has 118 valence electrons. The second kappa shape index (κ2) is 7.47. The van der Waals surface area contributed by atoms with Gasteiger partial charge in [-0.3, -0.25) is 0 Å². The molecular formula is C19H18ClNO2. The lowest BCUT2D eigenvalue weighted by Gasteiger charge is -2.07. The summed E-state index contributed by atoms with van der Waals surface area (Å²) in [5.74, 6) is 1.62. The van der Waals surface area contributed by atoms with Crippen LogP contribution < -0.4 is 5.32 Å². The predicted octanol–water partition coefficient (Wildman–Crippen LogP) is 4.38. The molecule has 3 aromatic rings. The average molecular weight is 328 g/mol. The molecule has 0 fully saturated rings. The van der Waals surface area contributed by atoms with Gasteiger partial charge in [-0.15, -0.1) is 0 Å². The van der Waals surface area contributed by atoms with Crippen molar-refractivity contribution in [3.05, 3.63) is 82.6 Å². The van der Waals surface area contributed by atoms with Crippen LogP contribution in [0.15, 0.2) is 65.1 Å². The molecule has 0 aliphatic carbocycles. The number of hydrogen-bond donors (Lipinski definition) is 2. The molecule has 2 aromatic carbocycles. The Labute approximate surface area is 140 Å². The zero-order valence-electron chi connectivity index (χ0n) is 12.6. The molecule has 1 aromatic heterocycles. The average Bonchev–Trinajstić information content (AvgIpc) is 3.04. The van der Waals surface area contributed by atoms with E-state index in [4.69, 9.17) is 16.0 Å². The molecule has 0 aliphatic heterocycles. The van der Waals surface area contributed by atoms with Crippen LogP contribution in [0.1, 0.15) is 16.9 Å². The van der Waals surface area contributed by atoms with E-state index in [9.17, 15) is 5.11 Å². The van der Waals surface area contributed by atoms with Crippen LogP contribution in [0.2, 0.25) is 5.02 Å². The van der Waals surface area contributed by atoms with Gasteiger partial charge in [0.05, 0.1) is 18.2 Å². The molecule has 0 radical (unpaired) electrons. The number of aliphatic hydroxyl groups excluding tert-OH is 1. The summed E-state index contributed by atoms with van der Waals surface area (Å²) in [6.45, 7) is 1.35. The molecule has 2 N–H and O–H groups in total. The zero-order chi connectivity index (χ0) is 16.1. The zero-order valence-corrected chi connectivity index (χ0v) is 13.4. The molecule has 0 saturated heterocycles. The van der Waals surface area contributed by atoms with E-state index in [0.717, 1.165) is 28.2 Å². The van der Waals surface area contributed by atoms with Crippen LogP contribution in [0.3, 0.4) is 0 Å². The van der Waals surface area contributed by atoms with Gasteiger partial charge in [0.1, 0.15) is 11.5 Å². The van der Waals surface area contributed by atoms with E-state index in [0.29, 0.717) is 18.1 Å². The molecule has 0 aliphatic rings. The van der Waals surface area contributed by atoms with Crippen molar-refractivity contribution in [1.29, 1.82) is 0 Å². The van der Waals surface area contributed by atoms with E-state index in [2.05, 4.69) is 5.32 Å². The van der Waals surface area contributed by atoms with E-state index in [-0.39, 0.29) is 6.61 Å². The molecule has 1 heterocycles. The van der Waals surface area contributed by atoms with Crippen LogP contribution in [0.25, 0.3) is 11.3 Å². The van der Waals surface area contributed by atoms with E-state index in [1.54, 1.807) is 0 Å². The summed E-state index contributed by atoms with van der Waals surface area (Å²) in [7, 11) is 0. The summed E-state index contributed by atoms with van der Waals surface area (Å²) in [5.41, 5.74) is 2.93. The maximum Gasteiger partial charge on any atom is 0.135 e. The van der Waals surface area contributed by atoms with Gasteiger partial charge < -0.3 is 14.8 Å². The van der Waals surface area contributed by atoms with Crippen molar-refractivity contribution in [2.24, 2.45) is 0 Å². The Bertz CT molecular complexity index is 782. The van der Waals surface area contributed by atoms with Crippen molar-refractivity contribution in [3.63, 3.8) is 0 Å². The van der Waals surface area contributed by atoms with E-state index in [1.807, 2.05) is 60.7 Å². The number of hydrogen-bond acceptors (Lipinski definition) is 3. The van der Waals surface area contributed by atoms with Crippen molar-refractivity contribution < 1.29 is 9.52 Å². The fourth-order valence-corrected chi connectivity index (χ4v) is 2.71. The van der Waals surface area contributed by atoms with Gasteiger partial charge >= 0.3 is 0 Å². The molecule has 0 saturated carbocycles. The van der Waals surface area contributed by atoms with Gasteiger partial charge in [-0.25, -0.2) is 0 Å². The van der Waals surface area contributed by atoms with Crippen molar-refractivity contribution in [1.82, 2.24) is 5.32 Å². The quantitative estimate of drug-likeness (QED) is 0.706. The topological polar surface area (TPSA) is 45.4 Å². The van der Waals surface area contributed by atoms with Gasteiger partial charge in [0.15, 0.2) is 0 Å². The highest BCUT2D eigenvalue weighted by Gasteiger charge is 2.08. The molecule has 4 heteroatoms. The fraction of sp³-hybridized carbons (Fsp3) is 0.158. The van der Waals surface area contributed by atoms with Crippen LogP contribution in [0, 0.1) is 0 Å². The molecule has 23 heavy (non-hydrogen) atoms. The number of benzene rings is 2. The number of aliphatic hydroxyl groups is 1. The third-order valence-corrected chi connectivity index (χ3v) is 4.03. The summed E-state index contributed by atoms with van der Waals surface area (Å²) in [6, 6.07) is 19.3. The summed E-state index contributed by atoms with van der Waals surface area (Å²) in [6.07, 6.45) is 0. The summed E-state index contributed by atoms with van der Waals surface area (Å²) >= 11 is 6.19. The van der Waals surface area contributed by atoms with E-state index >= 15 is 0 Å². The van der Waals surface area contributed by atoms with Gasteiger partial charge in [0, 0.05) is 12.1 Å². The van der Waals surface area contributed by atoms with Gasteiger partial charge in [-0.2, -0.15) is 0 Å². The Kier molecular flexibility index (Phi) is 5.13. The predicted molar refractivity (Wildman–Crippen MR) is 92.1 cm³/mol. The summed E-state index contributed by atoms with van der Waals surface area (Å²) < 4.78 is 5.85. The van der Waals surface area contributed by atoms with Crippen LogP contribution in [-0.4, -0.2) is 5.11 Å². The highest BCUT2D eigenvalue weighted by Crippen LogP contribution is 2.28. The van der Waals surface area contributed by atoms with E-state index in [1.165, 1.54) is 0 Å². The Morgan fingerprint density at radius 1 is 0.870 bits per heavy atom. The lowest BCUT2D eigenvalue weighted by atomic mass is 10.1. The Balaban J connectivity index is 1.63. The lowest BCUT2D eigenvalue weighted by molar-refractivity contribution is 0.280. The van der Waals surface area contributed by atoms with Crippen LogP contribution in [-0.2, 0) is 19.7 Å². The first-order valence-corrected chi connectivity index (χ1v) is 7.87. The molecule has 0 amide bonds. The fourth-order valence-electron chi connectivity index (χ4n) is 2.48. The molecular weight excluding hydrogens is 310 g/mol. The normalized spacial score (nSPS) is 10.9. The minimum Gasteiger partial charge on any atom is -0.460 e. The monoisotopic (exact) mass is 327 g/mol. The Morgan fingerprint density at radius 3 is 2.39 bits per heavy atom. The molecule has 0 unspecified atom stereocenters. The standard InChI is InChI=1S/C19H18ClNO2/c20-18-8-4-3-7-17(18)19-10-9-16(23-19)12-21-11-14-5-1-2-6-15(14)13-22/h1-10,21-22H,11-13H2. The maximum atomic E-state index is 9.33. The number of halogens is 1. The second-order valence-corrected chi connectivity index (χ2v) is 5.68. The summed E-state index contributed by atoms with van der Waals surface area (Å²) in [5, 5.41) is 13.3. The molecule has 3 rings (SSSR count). The Hall–Kier alpha value is -2.07. The molecule has 0 atom stereocenters. The first kappa shape index (κ1) is 15.8. The largest absolute Gasteiger partial charge is 0.460 e. The van der Waals surface area contributed by atoms with E-state index < -0.39 is 0 Å².